The number of hydrogen-bond donors (Lipinski definition) is 0. The maximum atomic E-state index is 10.2. The van der Waals surface area contributed by atoms with Crippen molar-refractivity contribution in [2.75, 3.05) is 6.61 Å². The molecule has 1 heterocycles. The smallest absolute Gasteiger partial charge is 0.124 e. The zero-order valence-electron chi connectivity index (χ0n) is 7.42. The van der Waals surface area contributed by atoms with E-state index in [1.54, 1.807) is 0 Å². The molecule has 1 rings (SSSR count). The first kappa shape index (κ1) is 10.4. The van der Waals surface area contributed by atoms with E-state index < -0.39 is 0 Å². The Morgan fingerprint density at radius 3 is 2.83 bits per heavy atom. The summed E-state index contributed by atoms with van der Waals surface area (Å²) in [4.78, 5) is 10.2. The van der Waals surface area contributed by atoms with Crippen LogP contribution in [0.25, 0.3) is 0 Å². The van der Waals surface area contributed by atoms with E-state index in [2.05, 4.69) is 26.0 Å². The third-order valence-electron chi connectivity index (χ3n) is 2.08. The molecule has 0 radical (unpaired) electrons. The summed E-state index contributed by atoms with van der Waals surface area (Å²) in [6.45, 7) is 4.82. The molecule has 0 saturated carbocycles. The average molecular weight is 283 g/mol. The standard InChI is InChI=1S/C8H14INO2/c1-8(2)10(9)7(6-12-8)4-3-5-11/h5,7H,3-4,6H2,1-2H3/t7-/m0/s1. The van der Waals surface area contributed by atoms with Crippen molar-refractivity contribution in [2.24, 2.45) is 0 Å². The Morgan fingerprint density at radius 1 is 1.75 bits per heavy atom. The lowest BCUT2D eigenvalue weighted by Gasteiger charge is -2.26. The van der Waals surface area contributed by atoms with Gasteiger partial charge in [0, 0.05) is 35.3 Å². The van der Waals surface area contributed by atoms with Crippen molar-refractivity contribution in [2.45, 2.75) is 38.5 Å². The van der Waals surface area contributed by atoms with E-state index in [4.69, 9.17) is 4.74 Å². The fraction of sp³-hybridized carbons (Fsp3) is 0.875. The van der Waals surface area contributed by atoms with Crippen LogP contribution in [0.4, 0.5) is 0 Å². The molecule has 0 amide bonds. The van der Waals surface area contributed by atoms with Gasteiger partial charge in [-0.25, -0.2) is 3.11 Å². The maximum absolute atomic E-state index is 10.2. The van der Waals surface area contributed by atoms with Gasteiger partial charge in [0.05, 0.1) is 6.61 Å². The van der Waals surface area contributed by atoms with Gasteiger partial charge in [0.15, 0.2) is 0 Å². The first-order valence-electron chi connectivity index (χ1n) is 4.10. The Kier molecular flexibility index (Phi) is 3.48. The van der Waals surface area contributed by atoms with Crippen molar-refractivity contribution in [1.82, 2.24) is 3.11 Å². The normalized spacial score (nSPS) is 29.1. The summed E-state index contributed by atoms with van der Waals surface area (Å²) in [5.41, 5.74) is -0.173. The lowest BCUT2D eigenvalue weighted by atomic mass is 10.2. The van der Waals surface area contributed by atoms with Crippen LogP contribution in [0.3, 0.4) is 0 Å². The summed E-state index contributed by atoms with van der Waals surface area (Å²) >= 11 is 2.27. The molecule has 0 N–H and O–H groups in total. The van der Waals surface area contributed by atoms with Crippen molar-refractivity contribution in [3.05, 3.63) is 0 Å². The Balaban J connectivity index is 2.43. The molecule has 1 aliphatic rings. The van der Waals surface area contributed by atoms with Crippen LogP contribution in [0, 0.1) is 0 Å². The number of nitrogens with zero attached hydrogens (tertiary/aromatic N) is 1. The third-order valence-corrected chi connectivity index (χ3v) is 4.03. The minimum Gasteiger partial charge on any atom is -0.359 e. The molecule has 1 saturated heterocycles. The second-order valence-corrected chi connectivity index (χ2v) is 4.51. The van der Waals surface area contributed by atoms with Gasteiger partial charge in [0.25, 0.3) is 0 Å². The topological polar surface area (TPSA) is 29.5 Å². The van der Waals surface area contributed by atoms with Crippen LogP contribution in [0.15, 0.2) is 0 Å². The SMILES string of the molecule is CC1(C)OC[C@H](CCC=O)N1I. The first-order valence-corrected chi connectivity index (χ1v) is 5.07. The van der Waals surface area contributed by atoms with Gasteiger partial charge in [-0.3, -0.25) is 0 Å². The number of hydrogen-bond acceptors (Lipinski definition) is 3. The van der Waals surface area contributed by atoms with Crippen LogP contribution in [-0.4, -0.2) is 27.8 Å². The van der Waals surface area contributed by atoms with Gasteiger partial charge >= 0.3 is 0 Å². The summed E-state index contributed by atoms with van der Waals surface area (Å²) in [6.07, 6.45) is 2.50. The highest BCUT2D eigenvalue weighted by atomic mass is 127. The van der Waals surface area contributed by atoms with Gasteiger partial charge < -0.3 is 9.53 Å². The summed E-state index contributed by atoms with van der Waals surface area (Å²) in [5, 5.41) is 0. The maximum Gasteiger partial charge on any atom is 0.124 e. The van der Waals surface area contributed by atoms with Crippen LogP contribution in [0.1, 0.15) is 26.7 Å². The number of aldehydes is 1. The van der Waals surface area contributed by atoms with E-state index in [-0.39, 0.29) is 5.72 Å². The van der Waals surface area contributed by atoms with Gasteiger partial charge in [-0.05, 0) is 20.3 Å². The zero-order valence-corrected chi connectivity index (χ0v) is 9.58. The molecule has 0 unspecified atom stereocenters. The molecule has 0 aliphatic carbocycles. The van der Waals surface area contributed by atoms with E-state index in [0.717, 1.165) is 19.3 Å². The zero-order chi connectivity index (χ0) is 9.19. The molecule has 3 nitrogen and oxygen atoms in total. The van der Waals surface area contributed by atoms with Crippen LogP contribution in [-0.2, 0) is 9.53 Å². The molecule has 0 aromatic rings. The monoisotopic (exact) mass is 283 g/mol. The van der Waals surface area contributed by atoms with E-state index in [1.165, 1.54) is 0 Å². The van der Waals surface area contributed by atoms with E-state index in [1.807, 2.05) is 13.8 Å². The van der Waals surface area contributed by atoms with Crippen LogP contribution < -0.4 is 0 Å². The molecule has 0 aromatic heterocycles. The first-order chi connectivity index (χ1) is 5.58. The molecule has 70 valence electrons. The average Bonchev–Trinajstić information content (AvgIpc) is 2.26. The van der Waals surface area contributed by atoms with Crippen molar-refractivity contribution < 1.29 is 9.53 Å². The predicted octanol–water partition coefficient (Wildman–Crippen LogP) is 1.75. The highest BCUT2D eigenvalue weighted by Crippen LogP contribution is 2.32. The van der Waals surface area contributed by atoms with E-state index in [0.29, 0.717) is 12.5 Å². The second-order valence-electron chi connectivity index (χ2n) is 3.47. The second kappa shape index (κ2) is 4.02. The fourth-order valence-corrected chi connectivity index (χ4v) is 1.90. The molecule has 1 atom stereocenters. The van der Waals surface area contributed by atoms with Crippen molar-refractivity contribution in [3.8, 4) is 0 Å². The molecule has 4 heteroatoms. The summed E-state index contributed by atoms with van der Waals surface area (Å²) < 4.78 is 7.73. The largest absolute Gasteiger partial charge is 0.359 e. The molecular weight excluding hydrogens is 269 g/mol. The molecule has 0 spiro atoms. The summed E-state index contributed by atoms with van der Waals surface area (Å²) in [6, 6.07) is 0.394. The van der Waals surface area contributed by atoms with Gasteiger partial charge in [-0.15, -0.1) is 0 Å². The lowest BCUT2D eigenvalue weighted by Crippen LogP contribution is -2.35. The van der Waals surface area contributed by atoms with E-state index >= 15 is 0 Å². The third kappa shape index (κ3) is 2.17. The highest BCUT2D eigenvalue weighted by molar-refractivity contribution is 14.1. The number of carbonyl (C=O) groups is 1. The van der Waals surface area contributed by atoms with Crippen LogP contribution in [0.5, 0.6) is 0 Å². The van der Waals surface area contributed by atoms with E-state index in [9.17, 15) is 4.79 Å². The molecule has 0 bridgehead atoms. The van der Waals surface area contributed by atoms with Crippen molar-refractivity contribution in [1.29, 1.82) is 0 Å². The number of rotatable bonds is 3. The molecule has 12 heavy (non-hydrogen) atoms. The van der Waals surface area contributed by atoms with Gasteiger partial charge in [-0.2, -0.15) is 0 Å². The molecule has 1 aliphatic heterocycles. The van der Waals surface area contributed by atoms with Crippen LogP contribution in [0.2, 0.25) is 0 Å². The Morgan fingerprint density at radius 2 is 2.42 bits per heavy atom. The molecule has 0 aromatic carbocycles. The van der Waals surface area contributed by atoms with Gasteiger partial charge in [0.2, 0.25) is 0 Å². The Labute approximate surface area is 86.9 Å². The van der Waals surface area contributed by atoms with Crippen molar-refractivity contribution >= 4 is 29.2 Å². The number of ether oxygens (including phenoxy) is 1. The van der Waals surface area contributed by atoms with Crippen LogP contribution >= 0.6 is 22.9 Å². The number of halogens is 1. The van der Waals surface area contributed by atoms with Gasteiger partial charge in [-0.1, -0.05) is 0 Å². The molecular formula is C8H14INO2. The van der Waals surface area contributed by atoms with Gasteiger partial charge in [0.1, 0.15) is 12.0 Å². The highest BCUT2D eigenvalue weighted by Gasteiger charge is 2.38. The lowest BCUT2D eigenvalue weighted by molar-refractivity contribution is -0.108. The summed E-state index contributed by atoms with van der Waals surface area (Å²) in [7, 11) is 0. The fourth-order valence-electron chi connectivity index (χ4n) is 1.32. The molecule has 1 fully saturated rings. The minimum atomic E-state index is -0.173. The minimum absolute atomic E-state index is 0.173. The van der Waals surface area contributed by atoms with Crippen molar-refractivity contribution in [3.63, 3.8) is 0 Å². The quantitative estimate of drug-likeness (QED) is 0.449. The predicted molar refractivity (Wildman–Crippen MR) is 55.0 cm³/mol. The summed E-state index contributed by atoms with van der Waals surface area (Å²) in [5.74, 6) is 0. The Bertz CT molecular complexity index is 172. The number of carbonyl (C=O) groups excluding carboxylic acids is 1. The Hall–Kier alpha value is 0.320.